The van der Waals surface area contributed by atoms with E-state index in [1.165, 1.54) is 32.1 Å². The van der Waals surface area contributed by atoms with Crippen molar-refractivity contribution in [2.45, 2.75) is 51.0 Å². The maximum Gasteiger partial charge on any atom is 0.229 e. The number of nitrogens with one attached hydrogen (secondary N) is 1. The van der Waals surface area contributed by atoms with E-state index >= 15 is 0 Å². The number of hydrogen-bond donors (Lipinski definition) is 1. The van der Waals surface area contributed by atoms with Crippen LogP contribution in [0.5, 0.6) is 11.5 Å². The van der Waals surface area contributed by atoms with Crippen molar-refractivity contribution >= 4 is 40.0 Å². The molecule has 2 aromatic carbocycles. The summed E-state index contributed by atoms with van der Waals surface area (Å²) in [6.45, 7) is 1.99. The first-order chi connectivity index (χ1) is 15.7. The van der Waals surface area contributed by atoms with Gasteiger partial charge in [0.25, 0.3) is 0 Å². The van der Waals surface area contributed by atoms with Gasteiger partial charge in [-0.15, -0.1) is 0 Å². The van der Waals surface area contributed by atoms with E-state index in [0.717, 1.165) is 59.8 Å². The minimum atomic E-state index is 0.247. The van der Waals surface area contributed by atoms with E-state index < -0.39 is 0 Å². The molecule has 1 saturated carbocycles. The van der Waals surface area contributed by atoms with Gasteiger partial charge >= 0.3 is 0 Å². The lowest BCUT2D eigenvalue weighted by Crippen LogP contribution is -2.30. The SMILES string of the molecule is COc1cc2c(N3CCCCC3)nc(Nc3ccc(Cl)cc3)nc2cc1OC1CCCC1. The Hall–Kier alpha value is -2.73. The Morgan fingerprint density at radius 3 is 2.41 bits per heavy atom. The zero-order valence-electron chi connectivity index (χ0n) is 18.4. The maximum absolute atomic E-state index is 6.33. The number of piperidine rings is 1. The Morgan fingerprint density at radius 1 is 0.938 bits per heavy atom. The Kier molecular flexibility index (Phi) is 6.21. The summed E-state index contributed by atoms with van der Waals surface area (Å²) in [6.07, 6.45) is 8.47. The van der Waals surface area contributed by atoms with Crippen molar-refractivity contribution in [1.29, 1.82) is 0 Å². The van der Waals surface area contributed by atoms with Crippen LogP contribution in [-0.2, 0) is 0 Å². The third-order valence-corrected chi connectivity index (χ3v) is 6.56. The molecule has 0 bridgehead atoms. The number of anilines is 3. The first-order valence-corrected chi connectivity index (χ1v) is 11.9. The molecule has 168 valence electrons. The van der Waals surface area contributed by atoms with Gasteiger partial charge < -0.3 is 19.7 Å². The van der Waals surface area contributed by atoms with Crippen LogP contribution in [0.1, 0.15) is 44.9 Å². The number of fused-ring (bicyclic) bond motifs is 1. The fraction of sp³-hybridized carbons (Fsp3) is 0.440. The summed E-state index contributed by atoms with van der Waals surface area (Å²) < 4.78 is 12.0. The number of ether oxygens (including phenoxy) is 2. The van der Waals surface area contributed by atoms with Gasteiger partial charge in [-0.05, 0) is 75.3 Å². The molecule has 5 rings (SSSR count). The molecule has 0 radical (unpaired) electrons. The highest BCUT2D eigenvalue weighted by atomic mass is 35.5. The topological polar surface area (TPSA) is 59.5 Å². The van der Waals surface area contributed by atoms with Crippen LogP contribution < -0.4 is 19.7 Å². The lowest BCUT2D eigenvalue weighted by atomic mass is 10.1. The smallest absolute Gasteiger partial charge is 0.229 e. The van der Waals surface area contributed by atoms with Crippen molar-refractivity contribution in [3.8, 4) is 11.5 Å². The summed E-state index contributed by atoms with van der Waals surface area (Å²) in [6, 6.07) is 11.6. The average Bonchev–Trinajstić information content (AvgIpc) is 3.33. The fourth-order valence-electron chi connectivity index (χ4n) is 4.62. The van der Waals surface area contributed by atoms with Crippen LogP contribution in [0.25, 0.3) is 10.9 Å². The zero-order valence-corrected chi connectivity index (χ0v) is 19.2. The molecule has 6 nitrogen and oxygen atoms in total. The first kappa shape index (κ1) is 21.1. The molecule has 0 atom stereocenters. The second-order valence-corrected chi connectivity index (χ2v) is 9.03. The van der Waals surface area contributed by atoms with Gasteiger partial charge in [0.1, 0.15) is 5.82 Å². The van der Waals surface area contributed by atoms with Crippen LogP contribution in [0, 0.1) is 0 Å². The van der Waals surface area contributed by atoms with Gasteiger partial charge in [-0.3, -0.25) is 0 Å². The molecule has 1 saturated heterocycles. The van der Waals surface area contributed by atoms with Crippen molar-refractivity contribution < 1.29 is 9.47 Å². The molecule has 1 aliphatic carbocycles. The second-order valence-electron chi connectivity index (χ2n) is 8.59. The number of aromatic nitrogens is 2. The second kappa shape index (κ2) is 9.41. The van der Waals surface area contributed by atoms with Crippen LogP contribution in [-0.4, -0.2) is 36.3 Å². The van der Waals surface area contributed by atoms with E-state index in [-0.39, 0.29) is 6.10 Å². The van der Waals surface area contributed by atoms with E-state index in [1.807, 2.05) is 36.4 Å². The number of rotatable bonds is 6. The number of nitrogens with zero attached hydrogens (tertiary/aromatic N) is 3. The van der Waals surface area contributed by atoms with Crippen molar-refractivity contribution in [2.75, 3.05) is 30.4 Å². The number of benzene rings is 2. The van der Waals surface area contributed by atoms with Crippen molar-refractivity contribution in [3.63, 3.8) is 0 Å². The molecular weight excluding hydrogens is 424 g/mol. The molecule has 7 heteroatoms. The highest BCUT2D eigenvalue weighted by Gasteiger charge is 2.22. The predicted octanol–water partition coefficient (Wildman–Crippen LogP) is 6.35. The molecule has 1 aliphatic heterocycles. The van der Waals surface area contributed by atoms with Crippen LogP contribution in [0.2, 0.25) is 5.02 Å². The number of hydrogen-bond acceptors (Lipinski definition) is 6. The lowest BCUT2D eigenvalue weighted by molar-refractivity contribution is 0.201. The molecule has 2 heterocycles. The van der Waals surface area contributed by atoms with Crippen LogP contribution in [0.15, 0.2) is 36.4 Å². The quantitative estimate of drug-likeness (QED) is 0.470. The van der Waals surface area contributed by atoms with Crippen LogP contribution in [0.3, 0.4) is 0 Å². The van der Waals surface area contributed by atoms with Gasteiger partial charge in [0, 0.05) is 35.3 Å². The summed E-state index contributed by atoms with van der Waals surface area (Å²) in [5.41, 5.74) is 1.75. The van der Waals surface area contributed by atoms with Crippen LogP contribution in [0.4, 0.5) is 17.5 Å². The van der Waals surface area contributed by atoms with Gasteiger partial charge in [-0.25, -0.2) is 4.98 Å². The van der Waals surface area contributed by atoms with Gasteiger partial charge in [0.05, 0.1) is 18.7 Å². The largest absolute Gasteiger partial charge is 0.493 e. The van der Waals surface area contributed by atoms with E-state index in [1.54, 1.807) is 7.11 Å². The lowest BCUT2D eigenvalue weighted by Gasteiger charge is -2.29. The van der Waals surface area contributed by atoms with Crippen molar-refractivity contribution in [3.05, 3.63) is 41.4 Å². The standard InChI is InChI=1S/C25H29ClN4O2/c1-31-22-15-20-21(16-23(22)32-19-7-3-4-8-19)28-25(27-18-11-9-17(26)10-12-18)29-24(20)30-13-5-2-6-14-30/h9-12,15-16,19H,2-8,13-14H2,1H3,(H,27,28,29). The molecule has 0 spiro atoms. The summed E-state index contributed by atoms with van der Waals surface area (Å²) in [7, 11) is 1.69. The van der Waals surface area contributed by atoms with Gasteiger partial charge in [-0.1, -0.05) is 11.6 Å². The summed E-state index contributed by atoms with van der Waals surface area (Å²) in [4.78, 5) is 12.1. The third-order valence-electron chi connectivity index (χ3n) is 6.31. The zero-order chi connectivity index (χ0) is 21.9. The Balaban J connectivity index is 1.57. The molecule has 2 aliphatic rings. The normalized spacial score (nSPS) is 17.0. The molecule has 1 N–H and O–H groups in total. The van der Waals surface area contributed by atoms with Gasteiger partial charge in [0.15, 0.2) is 11.5 Å². The molecule has 0 amide bonds. The highest BCUT2D eigenvalue weighted by molar-refractivity contribution is 6.30. The van der Waals surface area contributed by atoms with Crippen molar-refractivity contribution in [2.24, 2.45) is 0 Å². The molecular formula is C25H29ClN4O2. The van der Waals surface area contributed by atoms with E-state index in [0.29, 0.717) is 11.0 Å². The molecule has 32 heavy (non-hydrogen) atoms. The van der Waals surface area contributed by atoms with E-state index in [9.17, 15) is 0 Å². The highest BCUT2D eigenvalue weighted by Crippen LogP contribution is 2.38. The summed E-state index contributed by atoms with van der Waals surface area (Å²) in [5.74, 6) is 3.01. The molecule has 3 aromatic rings. The van der Waals surface area contributed by atoms with E-state index in [4.69, 9.17) is 31.0 Å². The molecule has 1 aromatic heterocycles. The minimum absolute atomic E-state index is 0.247. The Bertz CT molecular complexity index is 1080. The minimum Gasteiger partial charge on any atom is -0.493 e. The van der Waals surface area contributed by atoms with E-state index in [2.05, 4.69) is 10.2 Å². The summed E-state index contributed by atoms with van der Waals surface area (Å²) >= 11 is 6.04. The third kappa shape index (κ3) is 4.56. The van der Waals surface area contributed by atoms with Crippen molar-refractivity contribution in [1.82, 2.24) is 9.97 Å². The predicted molar refractivity (Wildman–Crippen MR) is 130 cm³/mol. The van der Waals surface area contributed by atoms with Crippen LogP contribution >= 0.6 is 11.6 Å². The first-order valence-electron chi connectivity index (χ1n) is 11.5. The molecule has 0 unspecified atom stereocenters. The van der Waals surface area contributed by atoms with Gasteiger partial charge in [-0.2, -0.15) is 4.98 Å². The number of methoxy groups -OCH3 is 1. The fourth-order valence-corrected chi connectivity index (χ4v) is 4.75. The Morgan fingerprint density at radius 2 is 1.69 bits per heavy atom. The average molecular weight is 453 g/mol. The van der Waals surface area contributed by atoms with Gasteiger partial charge in [0.2, 0.25) is 5.95 Å². The summed E-state index contributed by atoms with van der Waals surface area (Å²) in [5, 5.41) is 5.03. The monoisotopic (exact) mass is 452 g/mol. The molecule has 2 fully saturated rings. The maximum atomic E-state index is 6.33. The number of halogens is 1. The Labute approximate surface area is 193 Å².